The molecular weight excluding hydrogens is 360 g/mol. The summed E-state index contributed by atoms with van der Waals surface area (Å²) in [5, 5.41) is 19.8. The maximum absolute atomic E-state index is 12.4. The molecule has 2 saturated heterocycles. The van der Waals surface area contributed by atoms with Crippen LogP contribution in [-0.2, 0) is 4.79 Å². The van der Waals surface area contributed by atoms with Crippen molar-refractivity contribution in [3.8, 4) is 0 Å². The van der Waals surface area contributed by atoms with Gasteiger partial charge in [0.25, 0.3) is 0 Å². The number of carboxylic acid groups (broad SMARTS) is 1. The Kier molecular flexibility index (Phi) is 5.05. The van der Waals surface area contributed by atoms with E-state index in [1.807, 2.05) is 29.2 Å². The summed E-state index contributed by atoms with van der Waals surface area (Å²) in [7, 11) is 0. The molecular formula is C19H22N6O3. The topological polar surface area (TPSA) is 112 Å². The first kappa shape index (κ1) is 18.1. The highest BCUT2D eigenvalue weighted by molar-refractivity contribution is 5.94. The summed E-state index contributed by atoms with van der Waals surface area (Å²) in [6, 6.07) is 7.49. The molecule has 4 heterocycles. The summed E-state index contributed by atoms with van der Waals surface area (Å²) in [5.74, 6) is 0.936. The summed E-state index contributed by atoms with van der Waals surface area (Å²) in [4.78, 5) is 31.3. The van der Waals surface area contributed by atoms with Crippen LogP contribution in [0.2, 0.25) is 0 Å². The first-order valence-corrected chi connectivity index (χ1v) is 9.37. The maximum Gasteiger partial charge on any atom is 0.407 e. The van der Waals surface area contributed by atoms with Gasteiger partial charge in [-0.3, -0.25) is 9.78 Å². The highest BCUT2D eigenvalue weighted by Gasteiger charge is 2.33. The number of nitrogens with zero attached hydrogens (tertiary/aromatic N) is 5. The van der Waals surface area contributed by atoms with Gasteiger partial charge in [-0.05, 0) is 37.1 Å². The highest BCUT2D eigenvalue weighted by atomic mass is 16.4. The minimum atomic E-state index is -0.863. The van der Waals surface area contributed by atoms with E-state index in [4.69, 9.17) is 5.11 Å². The molecule has 9 heteroatoms. The van der Waals surface area contributed by atoms with Gasteiger partial charge in [0.1, 0.15) is 0 Å². The average Bonchev–Trinajstić information content (AvgIpc) is 2.68. The van der Waals surface area contributed by atoms with Gasteiger partial charge in [-0.2, -0.15) is 5.10 Å². The molecule has 146 valence electrons. The predicted octanol–water partition coefficient (Wildman–Crippen LogP) is 1.80. The predicted molar refractivity (Wildman–Crippen MR) is 102 cm³/mol. The zero-order valence-electron chi connectivity index (χ0n) is 15.4. The zero-order valence-corrected chi connectivity index (χ0v) is 15.4. The van der Waals surface area contributed by atoms with E-state index in [2.05, 4.69) is 20.5 Å². The third-order valence-electron chi connectivity index (χ3n) is 5.37. The van der Waals surface area contributed by atoms with Gasteiger partial charge in [-0.1, -0.05) is 0 Å². The van der Waals surface area contributed by atoms with Crippen LogP contribution < -0.4 is 10.2 Å². The quantitative estimate of drug-likeness (QED) is 0.829. The summed E-state index contributed by atoms with van der Waals surface area (Å²) < 4.78 is 0. The fraction of sp³-hybridized carbons (Fsp3) is 0.421. The van der Waals surface area contributed by atoms with Crippen molar-refractivity contribution < 1.29 is 14.7 Å². The number of amides is 2. The second kappa shape index (κ2) is 7.79. The molecule has 2 aromatic rings. The number of hydrogen-bond acceptors (Lipinski definition) is 6. The fourth-order valence-corrected chi connectivity index (χ4v) is 3.63. The minimum absolute atomic E-state index is 0.0237. The molecule has 0 saturated carbocycles. The Morgan fingerprint density at radius 1 is 1.14 bits per heavy atom. The van der Waals surface area contributed by atoms with Crippen LogP contribution in [0.25, 0.3) is 0 Å². The molecule has 0 aliphatic carbocycles. The van der Waals surface area contributed by atoms with Crippen molar-refractivity contribution in [2.75, 3.05) is 36.4 Å². The Morgan fingerprint density at radius 2 is 1.93 bits per heavy atom. The van der Waals surface area contributed by atoms with E-state index < -0.39 is 6.09 Å². The Morgan fingerprint density at radius 3 is 2.54 bits per heavy atom. The molecule has 2 aromatic heterocycles. The van der Waals surface area contributed by atoms with Crippen LogP contribution in [0.15, 0.2) is 36.7 Å². The normalized spacial score (nSPS) is 17.9. The van der Waals surface area contributed by atoms with Crippen LogP contribution in [0.4, 0.5) is 16.3 Å². The van der Waals surface area contributed by atoms with Crippen LogP contribution in [0.3, 0.4) is 0 Å². The Labute approximate surface area is 162 Å². The Bertz CT molecular complexity index is 831. The summed E-state index contributed by atoms with van der Waals surface area (Å²) in [6.07, 6.45) is 3.98. The van der Waals surface area contributed by atoms with Gasteiger partial charge < -0.3 is 20.2 Å². The number of carbonyl (C=O) groups excluding carboxylic acids is 1. The molecule has 2 N–H and O–H groups in total. The minimum Gasteiger partial charge on any atom is -0.465 e. The molecule has 0 spiro atoms. The highest BCUT2D eigenvalue weighted by Crippen LogP contribution is 2.28. The molecule has 0 atom stereocenters. The molecule has 2 amide bonds. The van der Waals surface area contributed by atoms with Gasteiger partial charge in [0.05, 0.1) is 17.8 Å². The molecule has 0 bridgehead atoms. The first-order valence-electron chi connectivity index (χ1n) is 9.37. The molecule has 2 aliphatic heterocycles. The second-order valence-corrected chi connectivity index (χ2v) is 7.19. The SMILES string of the molecule is O=C(Nc1ccc(C2CCN(C(=O)O)CC2)nc1)C1CN(c2cccnn2)C1. The van der Waals surface area contributed by atoms with E-state index in [1.165, 1.54) is 4.90 Å². The molecule has 9 nitrogen and oxygen atoms in total. The van der Waals surface area contributed by atoms with Crippen molar-refractivity contribution in [2.24, 2.45) is 5.92 Å². The Hall–Kier alpha value is -3.23. The number of hydrogen-bond donors (Lipinski definition) is 2. The second-order valence-electron chi connectivity index (χ2n) is 7.19. The zero-order chi connectivity index (χ0) is 19.5. The van der Waals surface area contributed by atoms with Crippen molar-refractivity contribution in [1.29, 1.82) is 0 Å². The standard InChI is InChI=1S/C19H22N6O3/c26-18(14-11-25(12-14)17-2-1-7-21-23-17)22-15-3-4-16(20-10-15)13-5-8-24(9-6-13)19(27)28/h1-4,7,10,13-14H,5-6,8-9,11-12H2,(H,22,26)(H,27,28). The number of pyridine rings is 1. The molecule has 0 radical (unpaired) electrons. The van der Waals surface area contributed by atoms with Crippen molar-refractivity contribution >= 4 is 23.5 Å². The van der Waals surface area contributed by atoms with Crippen LogP contribution in [0.1, 0.15) is 24.5 Å². The lowest BCUT2D eigenvalue weighted by Gasteiger charge is -2.38. The van der Waals surface area contributed by atoms with Crippen LogP contribution in [0, 0.1) is 5.92 Å². The van der Waals surface area contributed by atoms with Gasteiger partial charge >= 0.3 is 6.09 Å². The van der Waals surface area contributed by atoms with Crippen molar-refractivity contribution in [2.45, 2.75) is 18.8 Å². The lowest BCUT2D eigenvalue weighted by Crippen LogP contribution is -2.52. The molecule has 2 fully saturated rings. The number of anilines is 2. The van der Waals surface area contributed by atoms with E-state index in [1.54, 1.807) is 12.4 Å². The smallest absolute Gasteiger partial charge is 0.407 e. The number of aromatic nitrogens is 3. The van der Waals surface area contributed by atoms with E-state index in [9.17, 15) is 9.59 Å². The number of carbonyl (C=O) groups is 2. The van der Waals surface area contributed by atoms with Gasteiger partial charge in [0.15, 0.2) is 5.82 Å². The maximum atomic E-state index is 12.4. The van der Waals surface area contributed by atoms with E-state index in [0.29, 0.717) is 31.9 Å². The molecule has 0 unspecified atom stereocenters. The van der Waals surface area contributed by atoms with Crippen LogP contribution in [-0.4, -0.2) is 63.4 Å². The summed E-state index contributed by atoms with van der Waals surface area (Å²) in [6.45, 7) is 2.31. The van der Waals surface area contributed by atoms with Gasteiger partial charge in [-0.25, -0.2) is 4.79 Å². The van der Waals surface area contributed by atoms with Crippen molar-refractivity contribution in [3.63, 3.8) is 0 Å². The third-order valence-corrected chi connectivity index (χ3v) is 5.37. The lowest BCUT2D eigenvalue weighted by atomic mass is 9.93. The molecule has 28 heavy (non-hydrogen) atoms. The molecule has 0 aromatic carbocycles. The lowest BCUT2D eigenvalue weighted by molar-refractivity contribution is -0.120. The Balaban J connectivity index is 1.27. The number of piperidine rings is 1. The average molecular weight is 382 g/mol. The van der Waals surface area contributed by atoms with Crippen LogP contribution >= 0.6 is 0 Å². The largest absolute Gasteiger partial charge is 0.465 e. The van der Waals surface area contributed by atoms with E-state index in [0.717, 1.165) is 24.4 Å². The number of nitrogens with one attached hydrogen (secondary N) is 1. The van der Waals surface area contributed by atoms with Crippen LogP contribution in [0.5, 0.6) is 0 Å². The fourth-order valence-electron chi connectivity index (χ4n) is 3.63. The van der Waals surface area contributed by atoms with E-state index in [-0.39, 0.29) is 17.7 Å². The van der Waals surface area contributed by atoms with Crippen molar-refractivity contribution in [1.82, 2.24) is 20.1 Å². The number of rotatable bonds is 4. The summed E-state index contributed by atoms with van der Waals surface area (Å²) >= 11 is 0. The van der Waals surface area contributed by atoms with Gasteiger partial charge in [-0.15, -0.1) is 5.10 Å². The molecule has 4 rings (SSSR count). The first-order chi connectivity index (χ1) is 13.6. The molecule has 2 aliphatic rings. The number of likely N-dealkylation sites (tertiary alicyclic amines) is 1. The van der Waals surface area contributed by atoms with Gasteiger partial charge in [0, 0.05) is 44.0 Å². The monoisotopic (exact) mass is 382 g/mol. The van der Waals surface area contributed by atoms with Gasteiger partial charge in [0.2, 0.25) is 5.91 Å². The van der Waals surface area contributed by atoms with Crippen molar-refractivity contribution in [3.05, 3.63) is 42.4 Å². The third kappa shape index (κ3) is 3.88. The van der Waals surface area contributed by atoms with E-state index >= 15 is 0 Å². The summed E-state index contributed by atoms with van der Waals surface area (Å²) in [5.41, 5.74) is 1.62.